The molecular weight excluding hydrogens is 286 g/mol. The number of pyridine rings is 1. The van der Waals surface area contributed by atoms with E-state index in [1.807, 2.05) is 42.6 Å². The van der Waals surface area contributed by atoms with Gasteiger partial charge < -0.3 is 0 Å². The molecular formula is C15H16N3S2+. The first-order chi connectivity index (χ1) is 9.78. The molecule has 0 bridgehead atoms. The Morgan fingerprint density at radius 1 is 1.15 bits per heavy atom. The normalized spacial score (nSPS) is 12.7. The van der Waals surface area contributed by atoms with Gasteiger partial charge >= 0.3 is 5.95 Å². The number of benzene rings is 1. The highest BCUT2D eigenvalue weighted by Crippen LogP contribution is 2.12. The maximum Gasteiger partial charge on any atom is 0.402 e. The number of fused-ring (bicyclic) bond motifs is 1. The fourth-order valence-electron chi connectivity index (χ4n) is 2.21. The van der Waals surface area contributed by atoms with Crippen molar-refractivity contribution in [3.05, 3.63) is 54.4 Å². The van der Waals surface area contributed by atoms with E-state index < -0.39 is 0 Å². The number of aromatic amines is 1. The number of hydrogen-bond donors (Lipinski definition) is 3. The third-order valence-electron chi connectivity index (χ3n) is 3.20. The van der Waals surface area contributed by atoms with Gasteiger partial charge in [0.2, 0.25) is 0 Å². The van der Waals surface area contributed by atoms with E-state index in [9.17, 15) is 0 Å². The molecule has 0 saturated carbocycles. The second-order valence-corrected chi connectivity index (χ2v) is 5.78. The van der Waals surface area contributed by atoms with E-state index >= 15 is 0 Å². The highest BCUT2D eigenvalue weighted by molar-refractivity contribution is 7.84. The molecule has 2 aromatic heterocycles. The Labute approximate surface area is 128 Å². The summed E-state index contributed by atoms with van der Waals surface area (Å²) < 4.78 is 2.08. The summed E-state index contributed by atoms with van der Waals surface area (Å²) in [6.45, 7) is 0. The number of aromatic nitrogens is 3. The highest BCUT2D eigenvalue weighted by atomic mass is 32.1. The van der Waals surface area contributed by atoms with Crippen molar-refractivity contribution in [1.82, 2.24) is 9.97 Å². The van der Waals surface area contributed by atoms with Crippen molar-refractivity contribution in [3.8, 4) is 5.95 Å². The first-order valence-corrected chi connectivity index (χ1v) is 7.66. The standard InChI is InChI=1S/C15H15N3S2/c19-10-12(20)9-11-5-3-4-8-18(11)15-16-13-6-1-2-7-14(13)17-15/h1-8,12H,9-10H2,(H2-,16,17,19,20)/p+1. The van der Waals surface area contributed by atoms with Crippen molar-refractivity contribution >= 4 is 36.3 Å². The minimum Gasteiger partial charge on any atom is -0.238 e. The predicted molar refractivity (Wildman–Crippen MR) is 88.0 cm³/mol. The summed E-state index contributed by atoms with van der Waals surface area (Å²) >= 11 is 8.83. The number of H-pyrrole nitrogens is 1. The Morgan fingerprint density at radius 2 is 1.95 bits per heavy atom. The quantitative estimate of drug-likeness (QED) is 0.502. The minimum absolute atomic E-state index is 0.233. The molecule has 5 heteroatoms. The van der Waals surface area contributed by atoms with Crippen LogP contribution in [-0.2, 0) is 6.42 Å². The average molecular weight is 302 g/mol. The SMILES string of the molecule is SCC(S)Cc1cccc[n+]1-c1nc2ccccc2[nH]1. The van der Waals surface area contributed by atoms with Crippen LogP contribution in [0.2, 0.25) is 0 Å². The molecule has 2 heterocycles. The van der Waals surface area contributed by atoms with E-state index in [1.165, 1.54) is 5.69 Å². The van der Waals surface area contributed by atoms with Crippen molar-refractivity contribution in [2.24, 2.45) is 0 Å². The molecule has 0 aliphatic rings. The number of nitrogens with one attached hydrogen (secondary N) is 1. The number of rotatable bonds is 4. The zero-order chi connectivity index (χ0) is 13.9. The summed E-state index contributed by atoms with van der Waals surface area (Å²) in [6, 6.07) is 14.2. The van der Waals surface area contributed by atoms with Gasteiger partial charge in [-0.15, -0.1) is 0 Å². The largest absolute Gasteiger partial charge is 0.402 e. The van der Waals surface area contributed by atoms with Crippen LogP contribution in [0.1, 0.15) is 5.69 Å². The average Bonchev–Trinajstić information content (AvgIpc) is 2.91. The van der Waals surface area contributed by atoms with Gasteiger partial charge in [0, 0.05) is 17.4 Å². The molecule has 0 spiro atoms. The highest BCUT2D eigenvalue weighted by Gasteiger charge is 2.17. The van der Waals surface area contributed by atoms with Gasteiger partial charge in [0.25, 0.3) is 0 Å². The summed E-state index contributed by atoms with van der Waals surface area (Å²) in [7, 11) is 0. The maximum atomic E-state index is 4.64. The monoisotopic (exact) mass is 302 g/mol. The van der Waals surface area contributed by atoms with E-state index in [0.29, 0.717) is 0 Å². The Kier molecular flexibility index (Phi) is 3.98. The lowest BCUT2D eigenvalue weighted by Crippen LogP contribution is -2.37. The van der Waals surface area contributed by atoms with Crippen molar-refractivity contribution in [3.63, 3.8) is 0 Å². The summed E-state index contributed by atoms with van der Waals surface area (Å²) in [5.74, 6) is 1.58. The smallest absolute Gasteiger partial charge is 0.238 e. The van der Waals surface area contributed by atoms with Gasteiger partial charge in [0.1, 0.15) is 5.52 Å². The Balaban J connectivity index is 2.04. The maximum absolute atomic E-state index is 4.64. The third-order valence-corrected chi connectivity index (χ3v) is 4.30. The van der Waals surface area contributed by atoms with Crippen LogP contribution in [0.15, 0.2) is 48.7 Å². The number of thiol groups is 2. The minimum atomic E-state index is 0.233. The molecule has 1 aromatic carbocycles. The summed E-state index contributed by atoms with van der Waals surface area (Å²) in [5, 5.41) is 0.233. The molecule has 0 saturated heterocycles. The Hall–Kier alpha value is -1.46. The van der Waals surface area contributed by atoms with Gasteiger partial charge in [-0.2, -0.15) is 25.3 Å². The van der Waals surface area contributed by atoms with Crippen LogP contribution in [0.3, 0.4) is 0 Å². The molecule has 1 unspecified atom stereocenters. The van der Waals surface area contributed by atoms with Crippen molar-refractivity contribution in [2.45, 2.75) is 11.7 Å². The second-order valence-electron chi connectivity index (χ2n) is 4.68. The van der Waals surface area contributed by atoms with Crippen LogP contribution in [0, 0.1) is 0 Å². The molecule has 0 aliphatic heterocycles. The fourth-order valence-corrected chi connectivity index (χ4v) is 2.53. The van der Waals surface area contributed by atoms with E-state index in [-0.39, 0.29) is 5.25 Å². The van der Waals surface area contributed by atoms with Gasteiger partial charge in [0.05, 0.1) is 11.9 Å². The Morgan fingerprint density at radius 3 is 2.75 bits per heavy atom. The van der Waals surface area contributed by atoms with Crippen molar-refractivity contribution < 1.29 is 4.57 Å². The summed E-state index contributed by atoms with van der Waals surface area (Å²) in [5.41, 5.74) is 3.18. The second kappa shape index (κ2) is 5.89. The van der Waals surface area contributed by atoms with Crippen molar-refractivity contribution in [2.75, 3.05) is 5.75 Å². The van der Waals surface area contributed by atoms with Gasteiger partial charge in [-0.1, -0.05) is 23.2 Å². The summed E-state index contributed by atoms with van der Waals surface area (Å²) in [4.78, 5) is 7.99. The molecule has 3 nitrogen and oxygen atoms in total. The van der Waals surface area contributed by atoms with E-state index in [0.717, 1.165) is 29.2 Å². The van der Waals surface area contributed by atoms with Gasteiger partial charge in [0.15, 0.2) is 5.52 Å². The van der Waals surface area contributed by atoms with Gasteiger partial charge in [-0.3, -0.25) is 0 Å². The van der Waals surface area contributed by atoms with E-state index in [1.54, 1.807) is 0 Å². The molecule has 3 aromatic rings. The molecule has 102 valence electrons. The molecule has 1 atom stereocenters. The number of hydrogen-bond acceptors (Lipinski definition) is 3. The molecule has 20 heavy (non-hydrogen) atoms. The lowest BCUT2D eigenvalue weighted by molar-refractivity contribution is -0.611. The Bertz CT molecular complexity index is 691. The molecule has 3 rings (SSSR count). The third kappa shape index (κ3) is 2.69. The van der Waals surface area contributed by atoms with Gasteiger partial charge in [-0.05, 0) is 24.3 Å². The lowest BCUT2D eigenvalue weighted by Gasteiger charge is -2.08. The van der Waals surface area contributed by atoms with Crippen LogP contribution in [0.25, 0.3) is 17.0 Å². The molecule has 0 amide bonds. The molecule has 1 N–H and O–H groups in total. The van der Waals surface area contributed by atoms with Crippen LogP contribution >= 0.6 is 25.3 Å². The van der Waals surface area contributed by atoms with E-state index in [4.69, 9.17) is 0 Å². The van der Waals surface area contributed by atoms with E-state index in [2.05, 4.69) is 45.9 Å². The first kappa shape index (κ1) is 13.5. The number of para-hydroxylation sites is 2. The lowest BCUT2D eigenvalue weighted by atomic mass is 10.2. The number of imidazole rings is 1. The van der Waals surface area contributed by atoms with Gasteiger partial charge in [-0.25, -0.2) is 9.55 Å². The molecule has 0 fully saturated rings. The molecule has 0 aliphatic carbocycles. The predicted octanol–water partition coefficient (Wildman–Crippen LogP) is 2.61. The fraction of sp³-hybridized carbons (Fsp3) is 0.200. The van der Waals surface area contributed by atoms with Crippen LogP contribution < -0.4 is 4.57 Å². The van der Waals surface area contributed by atoms with Crippen LogP contribution in [-0.4, -0.2) is 21.0 Å². The zero-order valence-corrected chi connectivity index (χ0v) is 12.7. The topological polar surface area (TPSA) is 32.6 Å². The first-order valence-electron chi connectivity index (χ1n) is 6.51. The van der Waals surface area contributed by atoms with Crippen molar-refractivity contribution in [1.29, 1.82) is 0 Å². The van der Waals surface area contributed by atoms with Crippen LogP contribution in [0.5, 0.6) is 0 Å². The summed E-state index contributed by atoms with van der Waals surface area (Å²) in [6.07, 6.45) is 2.87. The molecule has 0 radical (unpaired) electrons. The number of nitrogens with zero attached hydrogens (tertiary/aromatic N) is 2. The van der Waals surface area contributed by atoms with Crippen LogP contribution in [0.4, 0.5) is 0 Å². The zero-order valence-electron chi connectivity index (χ0n) is 10.9.